The summed E-state index contributed by atoms with van der Waals surface area (Å²) in [5.74, 6) is 2.38. The van der Waals surface area contributed by atoms with E-state index < -0.39 is 0 Å². The van der Waals surface area contributed by atoms with Crippen LogP contribution in [0.15, 0.2) is 0 Å². The van der Waals surface area contributed by atoms with E-state index in [1.54, 1.807) is 11.5 Å². The summed E-state index contributed by atoms with van der Waals surface area (Å²) in [6.45, 7) is 14.7. The van der Waals surface area contributed by atoms with Gasteiger partial charge in [-0.2, -0.15) is 0 Å². The molecule has 3 unspecified atom stereocenters. The molecule has 3 nitrogen and oxygen atoms in total. The van der Waals surface area contributed by atoms with Crippen molar-refractivity contribution in [2.24, 2.45) is 17.8 Å². The van der Waals surface area contributed by atoms with Crippen LogP contribution in [0.25, 0.3) is 0 Å². The lowest BCUT2D eigenvalue weighted by atomic mass is 9.72. The van der Waals surface area contributed by atoms with Crippen molar-refractivity contribution in [3.05, 3.63) is 10.6 Å². The third-order valence-corrected chi connectivity index (χ3v) is 5.42. The van der Waals surface area contributed by atoms with E-state index in [2.05, 4.69) is 56.4 Å². The van der Waals surface area contributed by atoms with Crippen molar-refractivity contribution in [2.75, 3.05) is 6.54 Å². The van der Waals surface area contributed by atoms with Crippen molar-refractivity contribution < 1.29 is 0 Å². The number of aromatic nitrogens is 2. The molecule has 1 saturated carbocycles. The first-order chi connectivity index (χ1) is 9.82. The highest BCUT2D eigenvalue weighted by atomic mass is 32.1. The lowest BCUT2D eigenvalue weighted by molar-refractivity contribution is 0.178. The van der Waals surface area contributed by atoms with E-state index in [0.29, 0.717) is 12.0 Å². The van der Waals surface area contributed by atoms with Crippen LogP contribution in [0.5, 0.6) is 0 Å². The van der Waals surface area contributed by atoms with Crippen molar-refractivity contribution in [1.82, 2.24) is 14.9 Å². The zero-order chi connectivity index (χ0) is 15.6. The third-order valence-electron chi connectivity index (χ3n) is 4.62. The fourth-order valence-electron chi connectivity index (χ4n) is 3.90. The molecule has 0 aromatic carbocycles. The molecule has 0 saturated heterocycles. The van der Waals surface area contributed by atoms with Crippen LogP contribution in [0.2, 0.25) is 0 Å². The predicted molar refractivity (Wildman–Crippen MR) is 90.7 cm³/mol. The van der Waals surface area contributed by atoms with Crippen molar-refractivity contribution in [3.63, 3.8) is 0 Å². The van der Waals surface area contributed by atoms with Gasteiger partial charge in [-0.05, 0) is 55.1 Å². The van der Waals surface area contributed by atoms with Crippen molar-refractivity contribution in [2.45, 2.75) is 72.3 Å². The van der Waals surface area contributed by atoms with Crippen LogP contribution >= 0.6 is 11.5 Å². The summed E-state index contributed by atoms with van der Waals surface area (Å²) in [4.78, 5) is 1.37. The Balaban J connectivity index is 2.29. The molecule has 1 N–H and O–H groups in total. The lowest BCUT2D eigenvalue weighted by Crippen LogP contribution is -2.34. The zero-order valence-electron chi connectivity index (χ0n) is 14.4. The lowest BCUT2D eigenvalue weighted by Gasteiger charge is -2.37. The topological polar surface area (TPSA) is 37.8 Å². The van der Waals surface area contributed by atoms with E-state index in [4.69, 9.17) is 0 Å². The molecule has 2 rings (SSSR count). The Morgan fingerprint density at radius 3 is 2.33 bits per heavy atom. The SMILES string of the molecule is CCNC(c1snnc1C(C)(C)C)C1CC(C)CC(C)C1. The molecule has 1 aromatic heterocycles. The summed E-state index contributed by atoms with van der Waals surface area (Å²) in [7, 11) is 0. The van der Waals surface area contributed by atoms with E-state index in [9.17, 15) is 0 Å². The average molecular weight is 310 g/mol. The Morgan fingerprint density at radius 2 is 1.81 bits per heavy atom. The molecular weight excluding hydrogens is 278 g/mol. The molecule has 1 aromatic rings. The standard InChI is InChI=1S/C17H31N3S/c1-7-18-14(13-9-11(2)8-12(3)10-13)15-16(17(4,5)6)19-20-21-15/h11-14,18H,7-10H2,1-6H3. The molecule has 0 bridgehead atoms. The molecule has 1 aliphatic carbocycles. The molecule has 1 aliphatic rings. The first-order valence-corrected chi connectivity index (χ1v) is 9.16. The van der Waals surface area contributed by atoms with E-state index in [-0.39, 0.29) is 5.41 Å². The second-order valence-electron chi connectivity index (χ2n) is 7.95. The van der Waals surface area contributed by atoms with Gasteiger partial charge in [0.15, 0.2) is 0 Å². The van der Waals surface area contributed by atoms with Gasteiger partial charge < -0.3 is 5.32 Å². The minimum atomic E-state index is 0.0713. The second kappa shape index (κ2) is 6.74. The van der Waals surface area contributed by atoms with Crippen molar-refractivity contribution in [1.29, 1.82) is 0 Å². The van der Waals surface area contributed by atoms with Gasteiger partial charge in [-0.25, -0.2) is 0 Å². The van der Waals surface area contributed by atoms with Gasteiger partial charge in [-0.15, -0.1) is 5.10 Å². The second-order valence-corrected chi connectivity index (χ2v) is 8.73. The molecule has 1 fully saturated rings. The van der Waals surface area contributed by atoms with Gasteiger partial charge in [0.1, 0.15) is 0 Å². The van der Waals surface area contributed by atoms with Crippen LogP contribution < -0.4 is 5.32 Å². The zero-order valence-corrected chi connectivity index (χ0v) is 15.3. The minimum Gasteiger partial charge on any atom is -0.309 e. The quantitative estimate of drug-likeness (QED) is 0.886. The molecule has 4 heteroatoms. The van der Waals surface area contributed by atoms with Gasteiger partial charge in [0, 0.05) is 11.5 Å². The average Bonchev–Trinajstić information content (AvgIpc) is 2.83. The first-order valence-electron chi connectivity index (χ1n) is 8.39. The maximum atomic E-state index is 4.45. The summed E-state index contributed by atoms with van der Waals surface area (Å²) >= 11 is 1.60. The van der Waals surface area contributed by atoms with E-state index in [1.807, 2.05) is 0 Å². The van der Waals surface area contributed by atoms with Crippen LogP contribution in [0, 0.1) is 17.8 Å². The molecule has 1 heterocycles. The van der Waals surface area contributed by atoms with Crippen LogP contribution in [0.4, 0.5) is 0 Å². The fraction of sp³-hybridized carbons (Fsp3) is 0.882. The predicted octanol–water partition coefficient (Wildman–Crippen LogP) is 4.56. The Labute approximate surface area is 134 Å². The summed E-state index contributed by atoms with van der Waals surface area (Å²) in [5.41, 5.74) is 1.26. The van der Waals surface area contributed by atoms with Gasteiger partial charge in [0.2, 0.25) is 0 Å². The summed E-state index contributed by atoms with van der Waals surface area (Å²) in [5, 5.41) is 8.19. The van der Waals surface area contributed by atoms with Gasteiger partial charge in [-0.3, -0.25) is 0 Å². The Kier molecular flexibility index (Phi) is 5.42. The van der Waals surface area contributed by atoms with Gasteiger partial charge in [-0.1, -0.05) is 46.0 Å². The molecule has 0 spiro atoms. The van der Waals surface area contributed by atoms with Crippen molar-refractivity contribution >= 4 is 11.5 Å². The minimum absolute atomic E-state index is 0.0713. The number of nitrogens with one attached hydrogen (secondary N) is 1. The van der Waals surface area contributed by atoms with Crippen LogP contribution in [0.3, 0.4) is 0 Å². The van der Waals surface area contributed by atoms with Crippen molar-refractivity contribution in [3.8, 4) is 0 Å². The summed E-state index contributed by atoms with van der Waals surface area (Å²) < 4.78 is 4.28. The van der Waals surface area contributed by atoms with Crippen LogP contribution in [0.1, 0.15) is 77.4 Å². The normalized spacial score (nSPS) is 28.6. The Hall–Kier alpha value is -0.480. The number of hydrogen-bond donors (Lipinski definition) is 1. The Bertz CT molecular complexity index is 439. The highest BCUT2D eigenvalue weighted by Gasteiger charge is 2.35. The van der Waals surface area contributed by atoms with Crippen LogP contribution in [-0.2, 0) is 5.41 Å². The monoisotopic (exact) mass is 309 g/mol. The van der Waals surface area contributed by atoms with Gasteiger partial charge in [0.25, 0.3) is 0 Å². The summed E-state index contributed by atoms with van der Waals surface area (Å²) in [6, 6.07) is 0.425. The smallest absolute Gasteiger partial charge is 0.0857 e. The molecule has 0 amide bonds. The third kappa shape index (κ3) is 4.04. The molecule has 0 aliphatic heterocycles. The van der Waals surface area contributed by atoms with Crippen LogP contribution in [-0.4, -0.2) is 16.1 Å². The fourth-order valence-corrected chi connectivity index (χ4v) is 4.93. The van der Waals surface area contributed by atoms with E-state index in [1.165, 1.54) is 29.8 Å². The maximum Gasteiger partial charge on any atom is 0.0857 e. The first kappa shape index (κ1) is 16.9. The molecule has 0 radical (unpaired) electrons. The van der Waals surface area contributed by atoms with E-state index >= 15 is 0 Å². The number of hydrogen-bond acceptors (Lipinski definition) is 4. The highest BCUT2D eigenvalue weighted by Crippen LogP contribution is 2.42. The number of nitrogens with zero attached hydrogens (tertiary/aromatic N) is 2. The Morgan fingerprint density at radius 1 is 1.19 bits per heavy atom. The van der Waals surface area contributed by atoms with Gasteiger partial charge >= 0.3 is 0 Å². The molecule has 3 atom stereocenters. The molecule has 120 valence electrons. The maximum absolute atomic E-state index is 4.45. The number of rotatable bonds is 4. The molecular formula is C17H31N3S. The van der Waals surface area contributed by atoms with E-state index in [0.717, 1.165) is 18.4 Å². The van der Waals surface area contributed by atoms with Gasteiger partial charge in [0.05, 0.1) is 10.6 Å². The largest absolute Gasteiger partial charge is 0.309 e. The summed E-state index contributed by atoms with van der Waals surface area (Å²) in [6.07, 6.45) is 4.02. The highest BCUT2D eigenvalue weighted by molar-refractivity contribution is 7.05. The molecule has 21 heavy (non-hydrogen) atoms.